The number of hydrogen-bond donors (Lipinski definition) is 2. The van der Waals surface area contributed by atoms with Crippen molar-refractivity contribution >= 4 is 35.0 Å². The van der Waals surface area contributed by atoms with Crippen LogP contribution in [0.25, 0.3) is 0 Å². The lowest BCUT2D eigenvalue weighted by Gasteiger charge is -2.36. The molecule has 1 saturated carbocycles. The minimum absolute atomic E-state index is 0.0435. The highest BCUT2D eigenvalue weighted by Crippen LogP contribution is 2.55. The number of amides is 3. The average molecular weight is 548 g/mol. The molecule has 204 valence electrons. The van der Waals surface area contributed by atoms with Crippen LogP contribution >= 0.6 is 11.6 Å². The van der Waals surface area contributed by atoms with Gasteiger partial charge in [-0.05, 0) is 55.0 Å². The summed E-state index contributed by atoms with van der Waals surface area (Å²) in [6, 6.07) is 14.0. The van der Waals surface area contributed by atoms with Gasteiger partial charge in [0.25, 0.3) is 0 Å². The van der Waals surface area contributed by atoms with Gasteiger partial charge in [-0.2, -0.15) is 0 Å². The van der Waals surface area contributed by atoms with Crippen molar-refractivity contribution in [3.63, 3.8) is 0 Å². The minimum Gasteiger partial charge on any atom is -0.359 e. The Hall–Kier alpha value is -3.16. The summed E-state index contributed by atoms with van der Waals surface area (Å²) < 4.78 is 6.47. The summed E-state index contributed by atoms with van der Waals surface area (Å²) in [4.78, 5) is 43.5. The van der Waals surface area contributed by atoms with Gasteiger partial charge in [-0.25, -0.2) is 0 Å². The molecule has 6 rings (SSSR count). The molecule has 4 aliphatic rings. The third-order valence-corrected chi connectivity index (χ3v) is 9.32. The van der Waals surface area contributed by atoms with Crippen molar-refractivity contribution in [1.82, 2.24) is 10.2 Å². The van der Waals surface area contributed by atoms with Gasteiger partial charge >= 0.3 is 0 Å². The van der Waals surface area contributed by atoms with Crippen LogP contribution in [0.15, 0.2) is 60.7 Å². The van der Waals surface area contributed by atoms with Gasteiger partial charge in [-0.3, -0.25) is 14.4 Å². The van der Waals surface area contributed by atoms with Crippen molar-refractivity contribution in [2.75, 3.05) is 5.32 Å². The Morgan fingerprint density at radius 2 is 1.90 bits per heavy atom. The number of rotatable bonds is 6. The van der Waals surface area contributed by atoms with Crippen LogP contribution in [-0.4, -0.2) is 46.4 Å². The van der Waals surface area contributed by atoms with Gasteiger partial charge < -0.3 is 20.3 Å². The largest absolute Gasteiger partial charge is 0.359 e. The van der Waals surface area contributed by atoms with Gasteiger partial charge in [-0.15, -0.1) is 0 Å². The molecule has 2 aromatic rings. The standard InChI is InChI=1S/C31H34ClN3O4/c1-18-8-7-11-21(16-18)33-28(36)25-24-14-15-31(39-24)26(25)30(38)35(17-20-10-4-5-12-22(20)32)27(31)29(37)34-23-13-6-3-9-19(23)2/h4-5,7-8,10-12,14-16,19,23-27H,3,6,9,13,17H2,1-2H3,(H,33,36)(H,34,37)/t19-,23-,24+,25-,26+,27+,31+/m0/s1. The summed E-state index contributed by atoms with van der Waals surface area (Å²) in [6.45, 7) is 4.27. The lowest BCUT2D eigenvalue weighted by atomic mass is 9.74. The third-order valence-electron chi connectivity index (χ3n) is 8.95. The normalized spacial score (nSPS) is 32.8. The van der Waals surface area contributed by atoms with E-state index in [1.807, 2.05) is 61.5 Å². The Bertz CT molecular complexity index is 1340. The highest BCUT2D eigenvalue weighted by atomic mass is 35.5. The second-order valence-corrected chi connectivity index (χ2v) is 11.9. The summed E-state index contributed by atoms with van der Waals surface area (Å²) in [5.74, 6) is -1.98. The van der Waals surface area contributed by atoms with Gasteiger partial charge in [0.2, 0.25) is 17.7 Å². The van der Waals surface area contributed by atoms with Crippen LogP contribution in [-0.2, 0) is 25.7 Å². The van der Waals surface area contributed by atoms with Gasteiger partial charge in [0.15, 0.2) is 0 Å². The number of benzene rings is 2. The van der Waals surface area contributed by atoms with Crippen LogP contribution in [0.3, 0.4) is 0 Å². The number of halogens is 1. The predicted octanol–water partition coefficient (Wildman–Crippen LogP) is 4.63. The van der Waals surface area contributed by atoms with Crippen LogP contribution in [0.2, 0.25) is 5.02 Å². The molecule has 1 aliphatic carbocycles. The van der Waals surface area contributed by atoms with E-state index in [1.54, 1.807) is 11.0 Å². The fraction of sp³-hybridized carbons (Fsp3) is 0.452. The van der Waals surface area contributed by atoms with E-state index >= 15 is 0 Å². The van der Waals surface area contributed by atoms with E-state index in [-0.39, 0.29) is 30.3 Å². The Balaban J connectivity index is 1.34. The second-order valence-electron chi connectivity index (χ2n) is 11.5. The zero-order chi connectivity index (χ0) is 27.3. The first kappa shape index (κ1) is 26.1. The minimum atomic E-state index is -1.21. The van der Waals surface area contributed by atoms with Crippen LogP contribution < -0.4 is 10.6 Å². The number of carbonyl (C=O) groups excluding carboxylic acids is 3. The van der Waals surface area contributed by atoms with Crippen molar-refractivity contribution in [3.8, 4) is 0 Å². The van der Waals surface area contributed by atoms with Crippen LogP contribution in [0.4, 0.5) is 5.69 Å². The molecule has 0 radical (unpaired) electrons. The van der Waals surface area contributed by atoms with Crippen LogP contribution in [0, 0.1) is 24.7 Å². The number of fused-ring (bicyclic) bond motifs is 1. The van der Waals surface area contributed by atoms with Crippen molar-refractivity contribution in [2.24, 2.45) is 17.8 Å². The van der Waals surface area contributed by atoms with Gasteiger partial charge in [0.1, 0.15) is 11.6 Å². The highest BCUT2D eigenvalue weighted by molar-refractivity contribution is 6.31. The number of anilines is 1. The molecule has 3 fully saturated rings. The van der Waals surface area contributed by atoms with Crippen molar-refractivity contribution in [3.05, 3.63) is 76.8 Å². The van der Waals surface area contributed by atoms with E-state index in [9.17, 15) is 14.4 Å². The molecule has 2 aromatic carbocycles. The Morgan fingerprint density at radius 1 is 1.10 bits per heavy atom. The Morgan fingerprint density at radius 3 is 2.67 bits per heavy atom. The SMILES string of the molecule is Cc1cccc(NC(=O)[C@H]2[C@H]3C=C[C@@]4(O3)[C@H]2C(=O)N(Cc2ccccc2Cl)[C@@H]4C(=O)N[C@H]2CCCC[C@@H]2C)c1. The molecule has 3 aliphatic heterocycles. The average Bonchev–Trinajstić information content (AvgIpc) is 3.54. The maximum atomic E-state index is 14.2. The molecule has 2 bridgehead atoms. The number of hydrogen-bond acceptors (Lipinski definition) is 4. The van der Waals surface area contributed by atoms with E-state index in [4.69, 9.17) is 16.3 Å². The van der Waals surface area contributed by atoms with Crippen molar-refractivity contribution in [1.29, 1.82) is 0 Å². The summed E-state index contributed by atoms with van der Waals surface area (Å²) in [7, 11) is 0. The summed E-state index contributed by atoms with van der Waals surface area (Å²) in [5.41, 5.74) is 1.22. The van der Waals surface area contributed by atoms with E-state index in [1.165, 1.54) is 0 Å². The van der Waals surface area contributed by atoms with Gasteiger partial charge in [0, 0.05) is 23.3 Å². The number of carbonyl (C=O) groups is 3. The van der Waals surface area contributed by atoms with Gasteiger partial charge in [0.05, 0.1) is 17.9 Å². The fourth-order valence-electron chi connectivity index (χ4n) is 6.99. The number of nitrogens with one attached hydrogen (secondary N) is 2. The monoisotopic (exact) mass is 547 g/mol. The van der Waals surface area contributed by atoms with E-state index in [0.29, 0.717) is 16.6 Å². The quantitative estimate of drug-likeness (QED) is 0.516. The van der Waals surface area contributed by atoms with Gasteiger partial charge in [-0.1, -0.05) is 73.9 Å². The van der Waals surface area contributed by atoms with E-state index in [2.05, 4.69) is 17.6 Å². The molecular weight excluding hydrogens is 514 g/mol. The first-order chi connectivity index (χ1) is 18.8. The molecule has 3 amide bonds. The van der Waals surface area contributed by atoms with Crippen molar-refractivity contribution < 1.29 is 19.1 Å². The van der Waals surface area contributed by atoms with Crippen LogP contribution in [0.5, 0.6) is 0 Å². The molecule has 7 nitrogen and oxygen atoms in total. The van der Waals surface area contributed by atoms with E-state index in [0.717, 1.165) is 36.8 Å². The maximum absolute atomic E-state index is 14.2. The Labute approximate surface area is 233 Å². The molecule has 8 heteroatoms. The number of aryl methyl sites for hydroxylation is 1. The topological polar surface area (TPSA) is 87.7 Å². The second kappa shape index (κ2) is 10.1. The molecular formula is C31H34ClN3O4. The molecule has 3 heterocycles. The van der Waals surface area contributed by atoms with E-state index < -0.39 is 29.6 Å². The summed E-state index contributed by atoms with van der Waals surface area (Å²) >= 11 is 6.48. The molecule has 0 aromatic heterocycles. The third kappa shape index (κ3) is 4.45. The Kier molecular flexibility index (Phi) is 6.76. The zero-order valence-corrected chi connectivity index (χ0v) is 23.0. The number of ether oxygens (including phenoxy) is 1. The lowest BCUT2D eigenvalue weighted by molar-refractivity contribution is -0.142. The predicted molar refractivity (Wildman–Crippen MR) is 149 cm³/mol. The molecule has 2 saturated heterocycles. The lowest BCUT2D eigenvalue weighted by Crippen LogP contribution is -2.57. The molecule has 0 unspecified atom stereocenters. The maximum Gasteiger partial charge on any atom is 0.246 e. The summed E-state index contributed by atoms with van der Waals surface area (Å²) in [6.07, 6.45) is 7.31. The smallest absolute Gasteiger partial charge is 0.246 e. The number of nitrogens with zero attached hydrogens (tertiary/aromatic N) is 1. The fourth-order valence-corrected chi connectivity index (χ4v) is 7.18. The summed E-state index contributed by atoms with van der Waals surface area (Å²) in [5, 5.41) is 6.77. The molecule has 2 N–H and O–H groups in total. The molecule has 1 spiro atoms. The van der Waals surface area contributed by atoms with Crippen molar-refractivity contribution in [2.45, 2.75) is 69.9 Å². The first-order valence-electron chi connectivity index (χ1n) is 13.9. The molecule has 39 heavy (non-hydrogen) atoms. The highest BCUT2D eigenvalue weighted by Gasteiger charge is 2.72. The first-order valence-corrected chi connectivity index (χ1v) is 14.3. The van der Waals surface area contributed by atoms with Crippen LogP contribution in [0.1, 0.15) is 43.7 Å². The molecule has 7 atom stereocenters. The number of likely N-dealkylation sites (tertiary alicyclic amines) is 1. The zero-order valence-electron chi connectivity index (χ0n) is 22.2.